The van der Waals surface area contributed by atoms with E-state index < -0.39 is 23.4 Å². The van der Waals surface area contributed by atoms with E-state index in [4.69, 9.17) is 5.73 Å². The van der Waals surface area contributed by atoms with Crippen molar-refractivity contribution in [1.82, 2.24) is 0 Å². The molecule has 86 valence electrons. The van der Waals surface area contributed by atoms with E-state index >= 15 is 0 Å². The van der Waals surface area contributed by atoms with Gasteiger partial charge in [0.15, 0.2) is 17.5 Å². The topological polar surface area (TPSA) is 55.1 Å². The Bertz CT molecular complexity index is 427. The van der Waals surface area contributed by atoms with E-state index in [1.54, 1.807) is 0 Å². The molecule has 1 aliphatic carbocycles. The monoisotopic (exact) mass is 230 g/mol. The van der Waals surface area contributed by atoms with Crippen LogP contribution in [0, 0.1) is 23.4 Å². The summed E-state index contributed by atoms with van der Waals surface area (Å²) in [5, 5.41) is 2.28. The average molecular weight is 230 g/mol. The van der Waals surface area contributed by atoms with E-state index in [9.17, 15) is 18.0 Å². The van der Waals surface area contributed by atoms with Crippen LogP contribution in [-0.2, 0) is 4.79 Å². The molecule has 6 heteroatoms. The second-order valence-electron chi connectivity index (χ2n) is 3.75. The number of nitrogens with one attached hydrogen (secondary N) is 1. The lowest BCUT2D eigenvalue weighted by Gasteiger charge is -2.05. The second kappa shape index (κ2) is 3.79. The number of hydrogen-bond donors (Lipinski definition) is 2. The number of amides is 1. The minimum absolute atomic E-state index is 0.111. The van der Waals surface area contributed by atoms with Gasteiger partial charge in [0, 0.05) is 23.9 Å². The van der Waals surface area contributed by atoms with Crippen molar-refractivity contribution in [3.05, 3.63) is 29.6 Å². The number of hydrogen-bond acceptors (Lipinski definition) is 2. The normalized spacial score (nSPS) is 23.0. The summed E-state index contributed by atoms with van der Waals surface area (Å²) in [5.41, 5.74) is 5.33. The fourth-order valence-corrected chi connectivity index (χ4v) is 1.38. The zero-order valence-corrected chi connectivity index (χ0v) is 8.14. The average Bonchev–Trinajstić information content (AvgIpc) is 2.92. The molecule has 0 radical (unpaired) electrons. The third kappa shape index (κ3) is 2.01. The van der Waals surface area contributed by atoms with Crippen molar-refractivity contribution in [3.8, 4) is 0 Å². The third-order valence-electron chi connectivity index (χ3n) is 2.43. The molecule has 1 amide bonds. The zero-order valence-electron chi connectivity index (χ0n) is 8.14. The van der Waals surface area contributed by atoms with Crippen LogP contribution in [0.5, 0.6) is 0 Å². The lowest BCUT2D eigenvalue weighted by molar-refractivity contribution is -0.117. The molecule has 0 aliphatic heterocycles. The van der Waals surface area contributed by atoms with Crippen LogP contribution in [0.2, 0.25) is 0 Å². The van der Waals surface area contributed by atoms with Crippen molar-refractivity contribution in [1.29, 1.82) is 0 Å². The first-order valence-electron chi connectivity index (χ1n) is 4.70. The van der Waals surface area contributed by atoms with Gasteiger partial charge in [-0.1, -0.05) is 0 Å². The maximum absolute atomic E-state index is 12.8. The summed E-state index contributed by atoms with van der Waals surface area (Å²) in [5.74, 6) is -4.96. The predicted octanol–water partition coefficient (Wildman–Crippen LogP) is 1.39. The molecule has 0 spiro atoms. The highest BCUT2D eigenvalue weighted by Crippen LogP contribution is 2.29. The molecule has 1 aliphatic rings. The van der Waals surface area contributed by atoms with Gasteiger partial charge in [0.2, 0.25) is 5.91 Å². The Labute approximate surface area is 89.4 Å². The van der Waals surface area contributed by atoms with E-state index in [2.05, 4.69) is 5.32 Å². The van der Waals surface area contributed by atoms with Gasteiger partial charge in [-0.2, -0.15) is 0 Å². The largest absolute Gasteiger partial charge is 0.327 e. The fraction of sp³-hybridized carbons (Fsp3) is 0.300. The van der Waals surface area contributed by atoms with Crippen LogP contribution in [0.25, 0.3) is 0 Å². The maximum Gasteiger partial charge on any atom is 0.229 e. The van der Waals surface area contributed by atoms with Crippen LogP contribution < -0.4 is 11.1 Å². The van der Waals surface area contributed by atoms with Gasteiger partial charge < -0.3 is 11.1 Å². The van der Waals surface area contributed by atoms with Gasteiger partial charge in [-0.15, -0.1) is 0 Å². The lowest BCUT2D eigenvalue weighted by atomic mass is 10.2. The van der Waals surface area contributed by atoms with E-state index in [1.807, 2.05) is 0 Å². The fourth-order valence-electron chi connectivity index (χ4n) is 1.38. The molecule has 3 nitrogen and oxygen atoms in total. The van der Waals surface area contributed by atoms with Crippen LogP contribution in [0.15, 0.2) is 12.1 Å². The minimum Gasteiger partial charge on any atom is -0.327 e. The Morgan fingerprint density at radius 3 is 2.25 bits per heavy atom. The van der Waals surface area contributed by atoms with Gasteiger partial charge in [-0.05, 0) is 6.42 Å². The smallest absolute Gasteiger partial charge is 0.229 e. The number of carbonyl (C=O) groups excluding carboxylic acids is 1. The quantitative estimate of drug-likeness (QED) is 0.754. The Hall–Kier alpha value is -1.56. The van der Waals surface area contributed by atoms with Crippen molar-refractivity contribution in [2.24, 2.45) is 11.7 Å². The molecule has 1 aromatic rings. The molecular formula is C10H9F3N2O. The van der Waals surface area contributed by atoms with E-state index in [1.165, 1.54) is 0 Å². The maximum atomic E-state index is 12.8. The molecule has 0 bridgehead atoms. The van der Waals surface area contributed by atoms with Crippen LogP contribution >= 0.6 is 0 Å². The van der Waals surface area contributed by atoms with Crippen LogP contribution in [0.3, 0.4) is 0 Å². The highest BCUT2D eigenvalue weighted by atomic mass is 19.2. The van der Waals surface area contributed by atoms with Gasteiger partial charge in [0.05, 0.1) is 5.92 Å². The molecule has 2 rings (SSSR count). The summed E-state index contributed by atoms with van der Waals surface area (Å²) in [6.07, 6.45) is 0.554. The van der Waals surface area contributed by atoms with Crippen LogP contribution in [-0.4, -0.2) is 11.9 Å². The molecule has 1 saturated carbocycles. The molecule has 0 saturated heterocycles. The molecule has 2 atom stereocenters. The molecule has 16 heavy (non-hydrogen) atoms. The van der Waals surface area contributed by atoms with Crippen LogP contribution in [0.1, 0.15) is 6.42 Å². The first-order valence-corrected chi connectivity index (χ1v) is 4.70. The van der Waals surface area contributed by atoms with Crippen LogP contribution in [0.4, 0.5) is 18.9 Å². The third-order valence-corrected chi connectivity index (χ3v) is 2.43. The molecular weight excluding hydrogens is 221 g/mol. The van der Waals surface area contributed by atoms with Gasteiger partial charge in [0.25, 0.3) is 0 Å². The summed E-state index contributed by atoms with van der Waals surface area (Å²) in [6, 6.07) is 1.25. The molecule has 3 N–H and O–H groups in total. The number of carbonyl (C=O) groups is 1. The Morgan fingerprint density at radius 1 is 1.31 bits per heavy atom. The van der Waals surface area contributed by atoms with Crippen molar-refractivity contribution >= 4 is 11.6 Å². The van der Waals surface area contributed by atoms with E-state index in [0.717, 1.165) is 12.1 Å². The minimum atomic E-state index is -1.55. The molecule has 2 unspecified atom stereocenters. The molecule has 1 aromatic carbocycles. The number of benzene rings is 1. The summed E-state index contributed by atoms with van der Waals surface area (Å²) < 4.78 is 38.2. The summed E-state index contributed by atoms with van der Waals surface area (Å²) in [4.78, 5) is 11.4. The van der Waals surface area contributed by atoms with E-state index in [-0.39, 0.29) is 17.6 Å². The standard InChI is InChI=1S/C10H9F3N2O/c11-6-1-4(2-7(12)9(6)13)15-10(16)5-3-8(5)14/h1-2,5,8H,3,14H2,(H,15,16). The summed E-state index contributed by atoms with van der Waals surface area (Å²) in [7, 11) is 0. The predicted molar refractivity (Wildman–Crippen MR) is 51.0 cm³/mol. The molecule has 0 heterocycles. The van der Waals surface area contributed by atoms with Gasteiger partial charge in [-0.3, -0.25) is 4.79 Å². The zero-order chi connectivity index (χ0) is 11.9. The van der Waals surface area contributed by atoms with Crippen molar-refractivity contribution in [3.63, 3.8) is 0 Å². The molecule has 1 fully saturated rings. The van der Waals surface area contributed by atoms with Gasteiger partial charge >= 0.3 is 0 Å². The van der Waals surface area contributed by atoms with Crippen molar-refractivity contribution in [2.45, 2.75) is 12.5 Å². The number of nitrogens with two attached hydrogens (primary N) is 1. The Balaban J connectivity index is 2.13. The van der Waals surface area contributed by atoms with Crippen molar-refractivity contribution in [2.75, 3.05) is 5.32 Å². The second-order valence-corrected chi connectivity index (χ2v) is 3.75. The SMILES string of the molecule is NC1CC1C(=O)Nc1cc(F)c(F)c(F)c1. The number of halogens is 3. The van der Waals surface area contributed by atoms with Gasteiger partial charge in [-0.25, -0.2) is 13.2 Å². The number of rotatable bonds is 2. The van der Waals surface area contributed by atoms with E-state index in [0.29, 0.717) is 6.42 Å². The highest BCUT2D eigenvalue weighted by Gasteiger charge is 2.40. The Morgan fingerprint density at radius 2 is 1.81 bits per heavy atom. The first kappa shape index (κ1) is 10.9. The molecule has 0 aromatic heterocycles. The summed E-state index contributed by atoms with van der Waals surface area (Å²) in [6.45, 7) is 0. The Kier molecular flexibility index (Phi) is 2.59. The summed E-state index contributed by atoms with van der Waals surface area (Å²) >= 11 is 0. The first-order chi connectivity index (χ1) is 7.49. The van der Waals surface area contributed by atoms with Gasteiger partial charge in [0.1, 0.15) is 0 Å². The number of anilines is 1. The highest BCUT2D eigenvalue weighted by molar-refractivity contribution is 5.94. The van der Waals surface area contributed by atoms with Crippen molar-refractivity contribution < 1.29 is 18.0 Å². The lowest BCUT2D eigenvalue weighted by Crippen LogP contribution is -2.18.